The molecule has 0 aliphatic heterocycles. The lowest BCUT2D eigenvalue weighted by atomic mass is 9.84. The van der Waals surface area contributed by atoms with E-state index in [0.717, 1.165) is 6.42 Å². The van der Waals surface area contributed by atoms with E-state index in [1.165, 1.54) is 44.5 Å². The van der Waals surface area contributed by atoms with Gasteiger partial charge in [-0.3, -0.25) is 0 Å². The van der Waals surface area contributed by atoms with E-state index in [0.29, 0.717) is 0 Å². The molecule has 2 aromatic carbocycles. The summed E-state index contributed by atoms with van der Waals surface area (Å²) >= 11 is 0. The van der Waals surface area contributed by atoms with Crippen LogP contribution in [0.5, 0.6) is 0 Å². The van der Waals surface area contributed by atoms with Crippen molar-refractivity contribution in [3.63, 3.8) is 0 Å². The molecule has 0 nitrogen and oxygen atoms in total. The molecule has 2 aromatic rings. The fraction of sp³-hybridized carbons (Fsp3) is 0.368. The average molecular weight is 251 g/mol. The number of benzene rings is 2. The van der Waals surface area contributed by atoms with Gasteiger partial charge in [0, 0.05) is 0 Å². The molecular weight excluding hydrogens is 228 g/mol. The fourth-order valence-electron chi connectivity index (χ4n) is 2.90. The van der Waals surface area contributed by atoms with Crippen LogP contribution in [0.4, 0.5) is 0 Å². The Hall–Kier alpha value is -1.56. The van der Waals surface area contributed by atoms with Crippen molar-refractivity contribution in [2.24, 2.45) is 0 Å². The van der Waals surface area contributed by atoms with E-state index >= 15 is 0 Å². The molecule has 0 aromatic heterocycles. The van der Waals surface area contributed by atoms with Gasteiger partial charge in [0.2, 0.25) is 0 Å². The summed E-state index contributed by atoms with van der Waals surface area (Å²) < 4.78 is 0. The van der Waals surface area contributed by atoms with Gasteiger partial charge in [-0.2, -0.15) is 0 Å². The van der Waals surface area contributed by atoms with E-state index in [1.54, 1.807) is 0 Å². The SMILES string of the molecule is CCc1[c]cccc1-c1c(C)c(C)c(C)c(C)c1C. The summed E-state index contributed by atoms with van der Waals surface area (Å²) in [6.07, 6.45) is 1.03. The van der Waals surface area contributed by atoms with E-state index in [1.807, 2.05) is 6.07 Å². The molecule has 1 radical (unpaired) electrons. The third-order valence-electron chi connectivity index (χ3n) is 4.56. The van der Waals surface area contributed by atoms with Gasteiger partial charge in [0.25, 0.3) is 0 Å². The second kappa shape index (κ2) is 5.21. The third kappa shape index (κ3) is 2.20. The van der Waals surface area contributed by atoms with Crippen LogP contribution in [0.25, 0.3) is 11.1 Å². The zero-order valence-electron chi connectivity index (χ0n) is 12.9. The van der Waals surface area contributed by atoms with Crippen LogP contribution in [0.2, 0.25) is 0 Å². The summed E-state index contributed by atoms with van der Waals surface area (Å²) in [6.45, 7) is 13.4. The maximum atomic E-state index is 3.39. The topological polar surface area (TPSA) is 0 Å². The first kappa shape index (κ1) is 13.9. The molecule has 0 saturated carbocycles. The zero-order chi connectivity index (χ0) is 14.2. The van der Waals surface area contributed by atoms with Gasteiger partial charge in [0.1, 0.15) is 0 Å². The van der Waals surface area contributed by atoms with Crippen molar-refractivity contribution in [2.75, 3.05) is 0 Å². The van der Waals surface area contributed by atoms with Crippen LogP contribution in [-0.2, 0) is 6.42 Å². The van der Waals surface area contributed by atoms with E-state index in [-0.39, 0.29) is 0 Å². The van der Waals surface area contributed by atoms with Crippen molar-refractivity contribution >= 4 is 0 Å². The van der Waals surface area contributed by atoms with E-state index in [9.17, 15) is 0 Å². The molecule has 0 heteroatoms. The average Bonchev–Trinajstić information content (AvgIpc) is 2.44. The zero-order valence-corrected chi connectivity index (χ0v) is 12.9. The molecule has 2 rings (SSSR count). The Bertz CT molecular complexity index is 589. The largest absolute Gasteiger partial charge is 0.0612 e. The van der Waals surface area contributed by atoms with Crippen LogP contribution >= 0.6 is 0 Å². The molecule has 99 valence electrons. The number of rotatable bonds is 2. The summed E-state index contributed by atoms with van der Waals surface area (Å²) in [7, 11) is 0. The first-order chi connectivity index (χ1) is 8.99. The standard InChI is InChI=1S/C19H23/c1-7-17-10-8-9-11-18(17)19-15(5)13(3)12(2)14(4)16(19)6/h8-9,11H,7H2,1-6H3. The van der Waals surface area contributed by atoms with Crippen LogP contribution in [0, 0.1) is 40.7 Å². The molecule has 0 heterocycles. The normalized spacial score (nSPS) is 10.8. The number of hydrogen-bond donors (Lipinski definition) is 0. The van der Waals surface area contributed by atoms with Crippen LogP contribution < -0.4 is 0 Å². The molecule has 0 amide bonds. The Morgan fingerprint density at radius 3 is 1.89 bits per heavy atom. The van der Waals surface area contributed by atoms with Crippen molar-refractivity contribution < 1.29 is 0 Å². The molecule has 0 unspecified atom stereocenters. The Morgan fingerprint density at radius 1 is 0.842 bits per heavy atom. The van der Waals surface area contributed by atoms with Crippen LogP contribution in [0.1, 0.15) is 40.3 Å². The van der Waals surface area contributed by atoms with E-state index < -0.39 is 0 Å². The van der Waals surface area contributed by atoms with Gasteiger partial charge in [-0.25, -0.2) is 0 Å². The monoisotopic (exact) mass is 251 g/mol. The maximum absolute atomic E-state index is 3.39. The highest BCUT2D eigenvalue weighted by atomic mass is 14.2. The van der Waals surface area contributed by atoms with Crippen molar-refractivity contribution in [2.45, 2.75) is 48.0 Å². The summed E-state index contributed by atoms with van der Waals surface area (Å²) in [6, 6.07) is 9.74. The molecule has 0 spiro atoms. The van der Waals surface area contributed by atoms with Gasteiger partial charge in [0.05, 0.1) is 0 Å². The minimum atomic E-state index is 1.03. The molecule has 0 aliphatic rings. The molecule has 0 N–H and O–H groups in total. The number of aryl methyl sites for hydroxylation is 1. The van der Waals surface area contributed by atoms with Crippen LogP contribution in [0.3, 0.4) is 0 Å². The second-order valence-electron chi connectivity index (χ2n) is 5.42. The van der Waals surface area contributed by atoms with E-state index in [2.05, 4.69) is 59.7 Å². The van der Waals surface area contributed by atoms with Crippen molar-refractivity contribution in [1.82, 2.24) is 0 Å². The smallest absolute Gasteiger partial charge is 0.0117 e. The first-order valence-corrected chi connectivity index (χ1v) is 7.05. The van der Waals surface area contributed by atoms with Crippen molar-refractivity contribution in [3.8, 4) is 11.1 Å². The summed E-state index contributed by atoms with van der Waals surface area (Å²) in [5.74, 6) is 0. The molecule has 0 aliphatic carbocycles. The highest BCUT2D eigenvalue weighted by Crippen LogP contribution is 2.35. The minimum absolute atomic E-state index is 1.03. The van der Waals surface area contributed by atoms with Crippen molar-refractivity contribution in [1.29, 1.82) is 0 Å². The molecule has 19 heavy (non-hydrogen) atoms. The summed E-state index contributed by atoms with van der Waals surface area (Å²) in [4.78, 5) is 0. The molecule has 0 atom stereocenters. The molecule has 0 fully saturated rings. The lowest BCUT2D eigenvalue weighted by Crippen LogP contribution is -2.01. The summed E-state index contributed by atoms with van der Waals surface area (Å²) in [5.41, 5.74) is 11.2. The Morgan fingerprint density at radius 2 is 1.37 bits per heavy atom. The Kier molecular flexibility index (Phi) is 3.80. The fourth-order valence-corrected chi connectivity index (χ4v) is 2.90. The van der Waals surface area contributed by atoms with Gasteiger partial charge in [-0.05, 0) is 91.6 Å². The molecular formula is C19H23. The first-order valence-electron chi connectivity index (χ1n) is 7.05. The quantitative estimate of drug-likeness (QED) is 0.683. The van der Waals surface area contributed by atoms with Crippen molar-refractivity contribution in [3.05, 3.63) is 57.6 Å². The maximum Gasteiger partial charge on any atom is -0.0117 e. The third-order valence-corrected chi connectivity index (χ3v) is 4.56. The van der Waals surface area contributed by atoms with E-state index in [4.69, 9.17) is 0 Å². The van der Waals surface area contributed by atoms with Crippen LogP contribution in [-0.4, -0.2) is 0 Å². The Balaban J connectivity index is 2.83. The lowest BCUT2D eigenvalue weighted by Gasteiger charge is -2.20. The predicted octanol–water partition coefficient (Wildman–Crippen LogP) is 5.26. The molecule has 0 bridgehead atoms. The summed E-state index contributed by atoms with van der Waals surface area (Å²) in [5, 5.41) is 0. The molecule has 0 saturated heterocycles. The van der Waals surface area contributed by atoms with Gasteiger partial charge < -0.3 is 0 Å². The Labute approximate surface area is 117 Å². The predicted molar refractivity (Wildman–Crippen MR) is 83.8 cm³/mol. The van der Waals surface area contributed by atoms with Gasteiger partial charge >= 0.3 is 0 Å². The highest BCUT2D eigenvalue weighted by Gasteiger charge is 2.15. The second-order valence-corrected chi connectivity index (χ2v) is 5.42. The minimum Gasteiger partial charge on any atom is -0.0612 e. The van der Waals surface area contributed by atoms with Crippen LogP contribution in [0.15, 0.2) is 18.2 Å². The van der Waals surface area contributed by atoms with Gasteiger partial charge in [-0.15, -0.1) is 0 Å². The number of hydrogen-bond acceptors (Lipinski definition) is 0. The van der Waals surface area contributed by atoms with Gasteiger partial charge in [-0.1, -0.05) is 25.1 Å². The lowest BCUT2D eigenvalue weighted by molar-refractivity contribution is 1.12. The van der Waals surface area contributed by atoms with Gasteiger partial charge in [0.15, 0.2) is 0 Å². The highest BCUT2D eigenvalue weighted by molar-refractivity contribution is 5.76.